The summed E-state index contributed by atoms with van der Waals surface area (Å²) in [5, 5.41) is 9.17. The second-order valence-corrected chi connectivity index (χ2v) is 5.32. The molecular weight excluding hydrogens is 224 g/mol. The first-order chi connectivity index (χ1) is 8.43. The van der Waals surface area contributed by atoms with Crippen LogP contribution in [0.25, 0.3) is 0 Å². The van der Waals surface area contributed by atoms with Crippen LogP contribution in [0.5, 0.6) is 0 Å². The maximum atomic E-state index is 9.17. The lowest BCUT2D eigenvalue weighted by molar-refractivity contribution is 0.378. The Labute approximate surface area is 109 Å². The zero-order valence-electron chi connectivity index (χ0n) is 11.7. The quantitative estimate of drug-likeness (QED) is 0.863. The summed E-state index contributed by atoms with van der Waals surface area (Å²) in [5.74, 6) is 0.765. The predicted molar refractivity (Wildman–Crippen MR) is 74.4 cm³/mol. The highest BCUT2D eigenvalue weighted by molar-refractivity contribution is 5.54. The second-order valence-electron chi connectivity index (χ2n) is 5.32. The van der Waals surface area contributed by atoms with Crippen LogP contribution in [0, 0.1) is 23.7 Å². The van der Waals surface area contributed by atoms with Crippen molar-refractivity contribution in [2.45, 2.75) is 27.7 Å². The topological polar surface area (TPSA) is 65.9 Å². The van der Waals surface area contributed by atoms with E-state index in [1.165, 1.54) is 0 Å². The van der Waals surface area contributed by atoms with Gasteiger partial charge >= 0.3 is 0 Å². The Morgan fingerprint density at radius 1 is 1.44 bits per heavy atom. The van der Waals surface area contributed by atoms with E-state index in [1.807, 2.05) is 19.1 Å². The predicted octanol–water partition coefficient (Wildman–Crippen LogP) is 2.07. The van der Waals surface area contributed by atoms with Crippen molar-refractivity contribution in [3.63, 3.8) is 0 Å². The van der Waals surface area contributed by atoms with E-state index in [0.717, 1.165) is 24.6 Å². The largest absolute Gasteiger partial charge is 0.355 e. The van der Waals surface area contributed by atoms with Gasteiger partial charge in [-0.1, -0.05) is 13.8 Å². The van der Waals surface area contributed by atoms with Gasteiger partial charge in [0, 0.05) is 18.8 Å². The SMILES string of the molecule is CCN(CC(C)(C)CN)c1nc(C)ccc1C#N. The molecule has 0 radical (unpaired) electrons. The Bertz CT molecular complexity index is 446. The molecule has 0 saturated heterocycles. The lowest BCUT2D eigenvalue weighted by Gasteiger charge is -2.32. The maximum absolute atomic E-state index is 9.17. The molecule has 1 rings (SSSR count). The number of nitrogens with two attached hydrogens (primary N) is 1. The highest BCUT2D eigenvalue weighted by Gasteiger charge is 2.22. The van der Waals surface area contributed by atoms with E-state index in [2.05, 4.69) is 36.7 Å². The Morgan fingerprint density at radius 2 is 2.11 bits per heavy atom. The van der Waals surface area contributed by atoms with Crippen molar-refractivity contribution >= 4 is 5.82 Å². The average Bonchev–Trinajstić information content (AvgIpc) is 2.36. The summed E-state index contributed by atoms with van der Waals surface area (Å²) in [6, 6.07) is 5.90. The Balaban J connectivity index is 3.09. The van der Waals surface area contributed by atoms with Crippen molar-refractivity contribution in [2.24, 2.45) is 11.1 Å². The lowest BCUT2D eigenvalue weighted by Crippen LogP contribution is -2.39. The number of aryl methyl sites for hydroxylation is 1. The third kappa shape index (κ3) is 3.44. The molecule has 0 saturated carbocycles. The molecule has 4 nitrogen and oxygen atoms in total. The number of hydrogen-bond donors (Lipinski definition) is 1. The van der Waals surface area contributed by atoms with E-state index in [1.54, 1.807) is 0 Å². The number of nitriles is 1. The Kier molecular flexibility index (Phi) is 4.69. The number of nitrogens with zero attached hydrogens (tertiary/aromatic N) is 3. The van der Waals surface area contributed by atoms with Crippen molar-refractivity contribution < 1.29 is 0 Å². The molecule has 0 unspecified atom stereocenters. The van der Waals surface area contributed by atoms with Gasteiger partial charge in [-0.2, -0.15) is 5.26 Å². The van der Waals surface area contributed by atoms with E-state index in [4.69, 9.17) is 11.0 Å². The molecule has 0 aliphatic rings. The number of rotatable bonds is 5. The zero-order chi connectivity index (χ0) is 13.8. The molecule has 0 aromatic carbocycles. The van der Waals surface area contributed by atoms with Gasteiger partial charge in [-0.15, -0.1) is 0 Å². The molecule has 98 valence electrons. The summed E-state index contributed by atoms with van der Waals surface area (Å²) in [5.41, 5.74) is 7.33. The Morgan fingerprint density at radius 3 is 2.61 bits per heavy atom. The van der Waals surface area contributed by atoms with Gasteiger partial charge in [0.1, 0.15) is 11.9 Å². The van der Waals surface area contributed by atoms with Crippen LogP contribution in [0.1, 0.15) is 32.0 Å². The molecule has 4 heteroatoms. The van der Waals surface area contributed by atoms with E-state index in [0.29, 0.717) is 12.1 Å². The molecule has 18 heavy (non-hydrogen) atoms. The van der Waals surface area contributed by atoms with Gasteiger partial charge < -0.3 is 10.6 Å². The number of pyridine rings is 1. The van der Waals surface area contributed by atoms with Crippen LogP contribution >= 0.6 is 0 Å². The molecule has 0 amide bonds. The standard InChI is InChI=1S/C14H22N4/c1-5-18(10-14(3,4)9-16)13-12(8-15)7-6-11(2)17-13/h6-7H,5,9-10,16H2,1-4H3. The molecule has 2 N–H and O–H groups in total. The first-order valence-electron chi connectivity index (χ1n) is 6.26. The summed E-state index contributed by atoms with van der Waals surface area (Å²) in [6.45, 7) is 10.5. The van der Waals surface area contributed by atoms with Gasteiger partial charge in [-0.3, -0.25) is 0 Å². The fourth-order valence-corrected chi connectivity index (χ4v) is 1.79. The maximum Gasteiger partial charge on any atom is 0.146 e. The molecule has 1 aromatic heterocycles. The molecular formula is C14H22N4. The van der Waals surface area contributed by atoms with Crippen LogP contribution in [0.4, 0.5) is 5.82 Å². The average molecular weight is 246 g/mol. The summed E-state index contributed by atoms with van der Waals surface area (Å²) < 4.78 is 0. The summed E-state index contributed by atoms with van der Waals surface area (Å²) in [7, 11) is 0. The fourth-order valence-electron chi connectivity index (χ4n) is 1.79. The minimum Gasteiger partial charge on any atom is -0.355 e. The fraction of sp³-hybridized carbons (Fsp3) is 0.571. The Hall–Kier alpha value is -1.60. The molecule has 0 atom stereocenters. The van der Waals surface area contributed by atoms with Crippen LogP contribution in [0.2, 0.25) is 0 Å². The van der Waals surface area contributed by atoms with Crippen molar-refractivity contribution in [1.82, 2.24) is 4.98 Å². The highest BCUT2D eigenvalue weighted by Crippen LogP contribution is 2.23. The van der Waals surface area contributed by atoms with E-state index in [9.17, 15) is 0 Å². The molecule has 0 aliphatic heterocycles. The number of aromatic nitrogens is 1. The van der Waals surface area contributed by atoms with Crippen molar-refractivity contribution in [1.29, 1.82) is 5.26 Å². The van der Waals surface area contributed by atoms with E-state index >= 15 is 0 Å². The molecule has 1 heterocycles. The van der Waals surface area contributed by atoms with Gasteiger partial charge in [0.25, 0.3) is 0 Å². The van der Waals surface area contributed by atoms with Crippen LogP contribution in [-0.2, 0) is 0 Å². The van der Waals surface area contributed by atoms with Crippen LogP contribution in [0.15, 0.2) is 12.1 Å². The van der Waals surface area contributed by atoms with Crippen LogP contribution in [0.3, 0.4) is 0 Å². The van der Waals surface area contributed by atoms with Gasteiger partial charge in [0.2, 0.25) is 0 Å². The minimum absolute atomic E-state index is 0.00810. The molecule has 0 bridgehead atoms. The third-order valence-corrected chi connectivity index (χ3v) is 2.99. The molecule has 1 aromatic rings. The monoisotopic (exact) mass is 246 g/mol. The minimum atomic E-state index is 0.00810. The summed E-state index contributed by atoms with van der Waals surface area (Å²) in [4.78, 5) is 6.62. The smallest absolute Gasteiger partial charge is 0.146 e. The van der Waals surface area contributed by atoms with Gasteiger partial charge in [-0.25, -0.2) is 4.98 Å². The zero-order valence-corrected chi connectivity index (χ0v) is 11.7. The van der Waals surface area contributed by atoms with E-state index in [-0.39, 0.29) is 5.41 Å². The lowest BCUT2D eigenvalue weighted by atomic mass is 9.93. The molecule has 0 fully saturated rings. The second kappa shape index (κ2) is 5.83. The summed E-state index contributed by atoms with van der Waals surface area (Å²) in [6.07, 6.45) is 0. The first kappa shape index (κ1) is 14.5. The van der Waals surface area contributed by atoms with Crippen molar-refractivity contribution in [3.05, 3.63) is 23.4 Å². The number of anilines is 1. The van der Waals surface area contributed by atoms with Gasteiger partial charge in [0.15, 0.2) is 0 Å². The van der Waals surface area contributed by atoms with Gasteiger partial charge in [0.05, 0.1) is 5.56 Å². The van der Waals surface area contributed by atoms with Crippen molar-refractivity contribution in [3.8, 4) is 6.07 Å². The van der Waals surface area contributed by atoms with Crippen molar-refractivity contribution in [2.75, 3.05) is 24.5 Å². The summed E-state index contributed by atoms with van der Waals surface area (Å²) >= 11 is 0. The van der Waals surface area contributed by atoms with Gasteiger partial charge in [-0.05, 0) is 37.9 Å². The normalized spacial score (nSPS) is 11.1. The van der Waals surface area contributed by atoms with Crippen LogP contribution < -0.4 is 10.6 Å². The first-order valence-corrected chi connectivity index (χ1v) is 6.26. The molecule has 0 spiro atoms. The van der Waals surface area contributed by atoms with E-state index < -0.39 is 0 Å². The number of hydrogen-bond acceptors (Lipinski definition) is 4. The molecule has 0 aliphatic carbocycles. The van der Waals surface area contributed by atoms with Crippen LogP contribution in [-0.4, -0.2) is 24.6 Å². The third-order valence-electron chi connectivity index (χ3n) is 2.99. The highest BCUT2D eigenvalue weighted by atomic mass is 15.2.